The van der Waals surface area contributed by atoms with E-state index in [1.54, 1.807) is 0 Å². The molecule has 1 rings (SSSR count). The molecule has 0 radical (unpaired) electrons. The zero-order valence-corrected chi connectivity index (χ0v) is 12.9. The maximum absolute atomic E-state index is 12.0. The topological polar surface area (TPSA) is 21.3 Å². The monoisotopic (exact) mass is 305 g/mol. The van der Waals surface area contributed by atoms with Crippen LogP contribution in [0.5, 0.6) is 0 Å². The van der Waals surface area contributed by atoms with Gasteiger partial charge in [0.2, 0.25) is 0 Å². The van der Waals surface area contributed by atoms with E-state index in [1.165, 1.54) is 5.56 Å². The van der Waals surface area contributed by atoms with Crippen LogP contribution in [0.1, 0.15) is 36.1 Å². The van der Waals surface area contributed by atoms with Crippen molar-refractivity contribution in [2.24, 2.45) is 0 Å². The van der Waals surface area contributed by atoms with Gasteiger partial charge in [-0.1, -0.05) is 24.6 Å². The first-order chi connectivity index (χ1) is 9.45. The van der Waals surface area contributed by atoms with E-state index in [-0.39, 0.29) is 12.6 Å². The number of hydrogen-bond acceptors (Lipinski definition) is 2. The van der Waals surface area contributed by atoms with Gasteiger partial charge in [-0.05, 0) is 49.6 Å². The minimum absolute atomic E-state index is 0.0180. The summed E-state index contributed by atoms with van der Waals surface area (Å²) in [4.78, 5) is 0. The van der Waals surface area contributed by atoms with Gasteiger partial charge in [-0.3, -0.25) is 0 Å². The van der Waals surface area contributed by atoms with Crippen molar-refractivity contribution in [2.75, 3.05) is 19.8 Å². The Morgan fingerprint density at radius 2 is 1.90 bits per heavy atom. The standard InChI is InChI=1S/C15H22ClF2NO/c1-4-19-14(5-6-20-9-15(17)18)12-7-10(2)11(3)8-13(12)16/h7-8,14-15,19H,4-6,9H2,1-3H3. The maximum atomic E-state index is 12.0. The van der Waals surface area contributed by atoms with Crippen LogP contribution >= 0.6 is 11.6 Å². The molecule has 0 spiro atoms. The fourth-order valence-corrected chi connectivity index (χ4v) is 2.41. The van der Waals surface area contributed by atoms with Crippen LogP contribution < -0.4 is 5.32 Å². The minimum atomic E-state index is -2.42. The molecule has 0 bridgehead atoms. The molecule has 0 saturated carbocycles. The fraction of sp³-hybridized carbons (Fsp3) is 0.600. The van der Waals surface area contributed by atoms with Crippen LogP contribution in [0.25, 0.3) is 0 Å². The molecule has 0 aromatic heterocycles. The second kappa shape index (κ2) is 8.55. The molecule has 1 N–H and O–H groups in total. The zero-order valence-electron chi connectivity index (χ0n) is 12.2. The molecule has 0 amide bonds. The quantitative estimate of drug-likeness (QED) is 0.724. The van der Waals surface area contributed by atoms with Gasteiger partial charge < -0.3 is 10.1 Å². The zero-order chi connectivity index (χ0) is 15.1. The van der Waals surface area contributed by atoms with Crippen molar-refractivity contribution in [2.45, 2.75) is 39.7 Å². The molecule has 20 heavy (non-hydrogen) atoms. The number of benzene rings is 1. The second-order valence-corrected chi connectivity index (χ2v) is 5.23. The Hall–Kier alpha value is -0.710. The molecular weight excluding hydrogens is 284 g/mol. The van der Waals surface area contributed by atoms with Crippen LogP contribution in [-0.4, -0.2) is 26.2 Å². The van der Waals surface area contributed by atoms with Gasteiger partial charge in [0.15, 0.2) is 0 Å². The number of hydrogen-bond donors (Lipinski definition) is 1. The summed E-state index contributed by atoms with van der Waals surface area (Å²) in [6, 6.07) is 4.01. The molecule has 0 fully saturated rings. The van der Waals surface area contributed by atoms with Gasteiger partial charge in [-0.2, -0.15) is 0 Å². The molecule has 0 aliphatic rings. The molecule has 2 nitrogen and oxygen atoms in total. The van der Waals surface area contributed by atoms with Crippen LogP contribution in [0.2, 0.25) is 5.02 Å². The minimum Gasteiger partial charge on any atom is -0.375 e. The van der Waals surface area contributed by atoms with Crippen LogP contribution in [-0.2, 0) is 4.74 Å². The molecular formula is C15H22ClF2NO. The van der Waals surface area contributed by atoms with E-state index in [2.05, 4.69) is 11.4 Å². The van der Waals surface area contributed by atoms with Gasteiger partial charge in [0.05, 0.1) is 0 Å². The third kappa shape index (κ3) is 5.35. The van der Waals surface area contributed by atoms with Crippen LogP contribution in [0.15, 0.2) is 12.1 Å². The summed E-state index contributed by atoms with van der Waals surface area (Å²) in [6.07, 6.45) is -1.80. The molecule has 0 saturated heterocycles. The Balaban J connectivity index is 2.72. The molecule has 0 aliphatic carbocycles. The Morgan fingerprint density at radius 1 is 1.25 bits per heavy atom. The summed E-state index contributed by atoms with van der Waals surface area (Å²) in [5.41, 5.74) is 3.31. The lowest BCUT2D eigenvalue weighted by molar-refractivity contribution is 0.0144. The highest BCUT2D eigenvalue weighted by Crippen LogP contribution is 2.28. The Bertz CT molecular complexity index is 427. The average Bonchev–Trinajstić information content (AvgIpc) is 2.37. The van der Waals surface area contributed by atoms with E-state index in [0.29, 0.717) is 11.4 Å². The molecule has 1 unspecified atom stereocenters. The highest BCUT2D eigenvalue weighted by Gasteiger charge is 2.15. The molecule has 5 heteroatoms. The lowest BCUT2D eigenvalue weighted by Crippen LogP contribution is -2.23. The first kappa shape index (κ1) is 17.3. The first-order valence-corrected chi connectivity index (χ1v) is 7.19. The van der Waals surface area contributed by atoms with Crippen molar-refractivity contribution in [3.05, 3.63) is 33.8 Å². The molecule has 1 atom stereocenters. The van der Waals surface area contributed by atoms with Crippen molar-refractivity contribution >= 4 is 11.6 Å². The van der Waals surface area contributed by atoms with E-state index in [0.717, 1.165) is 17.7 Å². The van der Waals surface area contributed by atoms with Crippen molar-refractivity contribution < 1.29 is 13.5 Å². The van der Waals surface area contributed by atoms with Gasteiger partial charge >= 0.3 is 0 Å². The summed E-state index contributed by atoms with van der Waals surface area (Å²) in [7, 11) is 0. The summed E-state index contributed by atoms with van der Waals surface area (Å²) < 4.78 is 29.0. The van der Waals surface area contributed by atoms with Crippen molar-refractivity contribution in [3.63, 3.8) is 0 Å². The summed E-state index contributed by atoms with van der Waals surface area (Å²) in [5, 5.41) is 4.02. The van der Waals surface area contributed by atoms with E-state index >= 15 is 0 Å². The smallest absolute Gasteiger partial charge is 0.261 e. The van der Waals surface area contributed by atoms with Gasteiger partial charge in [-0.25, -0.2) is 8.78 Å². The fourth-order valence-electron chi connectivity index (χ4n) is 2.06. The third-order valence-electron chi connectivity index (χ3n) is 3.23. The lowest BCUT2D eigenvalue weighted by atomic mass is 9.99. The largest absolute Gasteiger partial charge is 0.375 e. The Labute approximate surface area is 124 Å². The molecule has 0 aliphatic heterocycles. The molecule has 1 aromatic carbocycles. The van der Waals surface area contributed by atoms with Gasteiger partial charge in [0, 0.05) is 17.7 Å². The number of nitrogens with one attached hydrogen (secondary N) is 1. The first-order valence-electron chi connectivity index (χ1n) is 6.81. The predicted octanol–water partition coefficient (Wildman–Crippen LogP) is 4.28. The van der Waals surface area contributed by atoms with Crippen molar-refractivity contribution in [1.29, 1.82) is 0 Å². The molecule has 0 heterocycles. The Kier molecular flexibility index (Phi) is 7.41. The van der Waals surface area contributed by atoms with Crippen LogP contribution in [0, 0.1) is 13.8 Å². The summed E-state index contributed by atoms with van der Waals surface area (Å²) >= 11 is 6.29. The van der Waals surface area contributed by atoms with Gasteiger partial charge in [0.1, 0.15) is 6.61 Å². The van der Waals surface area contributed by atoms with Crippen LogP contribution in [0.3, 0.4) is 0 Å². The number of ether oxygens (including phenoxy) is 1. The SMILES string of the molecule is CCNC(CCOCC(F)F)c1cc(C)c(C)cc1Cl. The van der Waals surface area contributed by atoms with E-state index in [1.807, 2.05) is 26.8 Å². The van der Waals surface area contributed by atoms with E-state index in [4.69, 9.17) is 16.3 Å². The van der Waals surface area contributed by atoms with Gasteiger partial charge in [-0.15, -0.1) is 0 Å². The van der Waals surface area contributed by atoms with E-state index < -0.39 is 13.0 Å². The number of alkyl halides is 2. The Morgan fingerprint density at radius 3 is 2.50 bits per heavy atom. The lowest BCUT2D eigenvalue weighted by Gasteiger charge is -2.21. The van der Waals surface area contributed by atoms with Crippen LogP contribution in [0.4, 0.5) is 8.78 Å². The number of halogens is 3. The average molecular weight is 306 g/mol. The molecule has 1 aromatic rings. The summed E-state index contributed by atoms with van der Waals surface area (Å²) in [6.45, 7) is 6.60. The van der Waals surface area contributed by atoms with Gasteiger partial charge in [0.25, 0.3) is 6.43 Å². The predicted molar refractivity (Wildman–Crippen MR) is 78.8 cm³/mol. The van der Waals surface area contributed by atoms with Crippen molar-refractivity contribution in [1.82, 2.24) is 5.32 Å². The maximum Gasteiger partial charge on any atom is 0.261 e. The molecule has 114 valence electrons. The summed E-state index contributed by atoms with van der Waals surface area (Å²) in [5.74, 6) is 0. The number of rotatable bonds is 8. The highest BCUT2D eigenvalue weighted by atomic mass is 35.5. The normalized spacial score (nSPS) is 12.9. The second-order valence-electron chi connectivity index (χ2n) is 4.82. The highest BCUT2D eigenvalue weighted by molar-refractivity contribution is 6.31. The third-order valence-corrected chi connectivity index (χ3v) is 3.56. The van der Waals surface area contributed by atoms with E-state index in [9.17, 15) is 8.78 Å². The number of aryl methyl sites for hydroxylation is 2. The van der Waals surface area contributed by atoms with Crippen molar-refractivity contribution in [3.8, 4) is 0 Å².